The molecular formula is C12H14N2O2. The minimum Gasteiger partial charge on any atom is -0.337 e. The second-order valence-electron chi connectivity index (χ2n) is 3.62. The van der Waals surface area contributed by atoms with E-state index in [0.29, 0.717) is 6.54 Å². The van der Waals surface area contributed by atoms with Crippen LogP contribution in [-0.4, -0.2) is 17.2 Å². The van der Waals surface area contributed by atoms with E-state index in [-0.39, 0.29) is 5.97 Å². The predicted molar refractivity (Wildman–Crippen MR) is 62.0 cm³/mol. The number of rotatable bonds is 3. The van der Waals surface area contributed by atoms with Crippen molar-refractivity contribution in [1.82, 2.24) is 4.73 Å². The highest BCUT2D eigenvalue weighted by Crippen LogP contribution is 2.20. The molecule has 0 aliphatic carbocycles. The molecule has 1 heterocycles. The fourth-order valence-electron chi connectivity index (χ4n) is 1.79. The molecule has 0 amide bonds. The van der Waals surface area contributed by atoms with Crippen LogP contribution in [0.3, 0.4) is 0 Å². The van der Waals surface area contributed by atoms with Crippen molar-refractivity contribution >= 4 is 16.9 Å². The van der Waals surface area contributed by atoms with Gasteiger partial charge >= 0.3 is 5.97 Å². The Morgan fingerprint density at radius 2 is 2.19 bits per heavy atom. The molecule has 0 bridgehead atoms. The molecule has 4 nitrogen and oxygen atoms in total. The highest BCUT2D eigenvalue weighted by molar-refractivity contribution is 5.84. The lowest BCUT2D eigenvalue weighted by atomic mass is 10.1. The van der Waals surface area contributed by atoms with E-state index in [4.69, 9.17) is 10.6 Å². The quantitative estimate of drug-likeness (QED) is 0.839. The van der Waals surface area contributed by atoms with E-state index in [1.165, 1.54) is 11.7 Å². The van der Waals surface area contributed by atoms with Crippen LogP contribution in [0, 0.1) is 0 Å². The number of fused-ring (bicyclic) bond motifs is 1. The van der Waals surface area contributed by atoms with Gasteiger partial charge in [0.1, 0.15) is 0 Å². The van der Waals surface area contributed by atoms with Crippen molar-refractivity contribution in [3.05, 3.63) is 36.0 Å². The molecule has 2 rings (SSSR count). The van der Waals surface area contributed by atoms with Gasteiger partial charge in [0, 0.05) is 18.5 Å². The zero-order valence-corrected chi connectivity index (χ0v) is 9.14. The summed E-state index contributed by atoms with van der Waals surface area (Å²) >= 11 is 0. The first-order valence-corrected chi connectivity index (χ1v) is 5.20. The molecule has 4 heteroatoms. The van der Waals surface area contributed by atoms with Gasteiger partial charge in [0.05, 0.1) is 5.52 Å². The zero-order valence-electron chi connectivity index (χ0n) is 9.14. The number of benzene rings is 1. The van der Waals surface area contributed by atoms with E-state index in [9.17, 15) is 4.79 Å². The second kappa shape index (κ2) is 4.37. The summed E-state index contributed by atoms with van der Waals surface area (Å²) in [5.74, 6) is -0.333. The molecule has 1 aromatic heterocycles. The van der Waals surface area contributed by atoms with Crippen molar-refractivity contribution in [3.8, 4) is 0 Å². The van der Waals surface area contributed by atoms with Crippen molar-refractivity contribution in [2.45, 2.75) is 13.3 Å². The van der Waals surface area contributed by atoms with Crippen LogP contribution in [0.4, 0.5) is 0 Å². The Labute approximate surface area is 93.6 Å². The molecule has 0 saturated carbocycles. The topological polar surface area (TPSA) is 57.2 Å². The smallest absolute Gasteiger partial charge is 0.329 e. The summed E-state index contributed by atoms with van der Waals surface area (Å²) in [5, 5.41) is 1.08. The van der Waals surface area contributed by atoms with Crippen LogP contribution < -0.4 is 10.6 Å². The molecule has 1 aromatic carbocycles. The van der Waals surface area contributed by atoms with Gasteiger partial charge in [-0.05, 0) is 24.6 Å². The zero-order chi connectivity index (χ0) is 11.5. The average molecular weight is 218 g/mol. The Kier molecular flexibility index (Phi) is 2.92. The van der Waals surface area contributed by atoms with E-state index in [1.807, 2.05) is 30.5 Å². The first-order valence-electron chi connectivity index (χ1n) is 5.20. The molecule has 0 saturated heterocycles. The average Bonchev–Trinajstić information content (AvgIpc) is 2.58. The molecule has 16 heavy (non-hydrogen) atoms. The summed E-state index contributed by atoms with van der Waals surface area (Å²) < 4.78 is 1.50. The number of hydrogen-bond donors (Lipinski definition) is 1. The third-order valence-electron chi connectivity index (χ3n) is 2.40. The highest BCUT2D eigenvalue weighted by Gasteiger charge is 2.09. The molecule has 2 aromatic rings. The number of nitrogens with zero attached hydrogens (tertiary/aromatic N) is 1. The van der Waals surface area contributed by atoms with E-state index >= 15 is 0 Å². The number of aromatic nitrogens is 1. The predicted octanol–water partition coefficient (Wildman–Crippen LogP) is 1.12. The number of nitrogens with two attached hydrogens (primary N) is 1. The number of carbonyl (C=O) groups excluding carboxylic acids is 1. The summed E-state index contributed by atoms with van der Waals surface area (Å²) in [5.41, 5.74) is 7.53. The summed E-state index contributed by atoms with van der Waals surface area (Å²) in [4.78, 5) is 16.0. The van der Waals surface area contributed by atoms with Crippen molar-refractivity contribution in [3.63, 3.8) is 0 Å². The van der Waals surface area contributed by atoms with Gasteiger partial charge in [-0.15, -0.1) is 0 Å². The molecule has 0 atom stereocenters. The normalized spacial score (nSPS) is 10.6. The van der Waals surface area contributed by atoms with Gasteiger partial charge < -0.3 is 10.6 Å². The first kappa shape index (κ1) is 10.7. The molecule has 84 valence electrons. The Hall–Kier alpha value is -1.81. The maximum atomic E-state index is 11.0. The Morgan fingerprint density at radius 1 is 1.44 bits per heavy atom. The first-order chi connectivity index (χ1) is 7.72. The fraction of sp³-hybridized carbons (Fsp3) is 0.250. The van der Waals surface area contributed by atoms with Crippen LogP contribution >= 0.6 is 0 Å². The fourth-order valence-corrected chi connectivity index (χ4v) is 1.79. The third kappa shape index (κ3) is 1.92. The van der Waals surface area contributed by atoms with Crippen molar-refractivity contribution in [2.24, 2.45) is 5.73 Å². The summed E-state index contributed by atoms with van der Waals surface area (Å²) in [7, 11) is 0. The van der Waals surface area contributed by atoms with Gasteiger partial charge in [-0.25, -0.2) is 4.79 Å². The van der Waals surface area contributed by atoms with Crippen LogP contribution in [0.2, 0.25) is 0 Å². The van der Waals surface area contributed by atoms with Crippen LogP contribution in [0.15, 0.2) is 30.5 Å². The molecule has 0 spiro atoms. The Bertz CT molecular complexity index is 517. The van der Waals surface area contributed by atoms with Gasteiger partial charge in [0.25, 0.3) is 0 Å². The summed E-state index contributed by atoms with van der Waals surface area (Å²) in [6, 6.07) is 7.79. The van der Waals surface area contributed by atoms with Crippen LogP contribution in [0.5, 0.6) is 0 Å². The highest BCUT2D eigenvalue weighted by atomic mass is 16.7. The number of hydrogen-bond acceptors (Lipinski definition) is 3. The van der Waals surface area contributed by atoms with Gasteiger partial charge in [0.2, 0.25) is 0 Å². The minimum atomic E-state index is -0.333. The lowest BCUT2D eigenvalue weighted by molar-refractivity contribution is -0.140. The van der Waals surface area contributed by atoms with Crippen molar-refractivity contribution < 1.29 is 9.63 Å². The van der Waals surface area contributed by atoms with E-state index in [0.717, 1.165) is 22.9 Å². The van der Waals surface area contributed by atoms with Gasteiger partial charge in [-0.2, -0.15) is 4.73 Å². The summed E-state index contributed by atoms with van der Waals surface area (Å²) in [6.45, 7) is 1.96. The lowest BCUT2D eigenvalue weighted by Crippen LogP contribution is -2.15. The molecular weight excluding hydrogens is 204 g/mol. The SMILES string of the molecule is CC(=O)On1cc(CCN)c2ccccc21. The number of carbonyl (C=O) groups is 1. The Balaban J connectivity index is 2.52. The minimum absolute atomic E-state index is 0.333. The van der Waals surface area contributed by atoms with Gasteiger partial charge in [0.15, 0.2) is 0 Å². The molecule has 2 N–H and O–H groups in total. The molecule has 0 fully saturated rings. The van der Waals surface area contributed by atoms with E-state index in [1.54, 1.807) is 0 Å². The lowest BCUT2D eigenvalue weighted by Gasteiger charge is -2.02. The molecule has 0 radical (unpaired) electrons. The Morgan fingerprint density at radius 3 is 2.88 bits per heavy atom. The van der Waals surface area contributed by atoms with Crippen LogP contribution in [0.25, 0.3) is 10.9 Å². The molecule has 0 aliphatic rings. The van der Waals surface area contributed by atoms with E-state index < -0.39 is 0 Å². The van der Waals surface area contributed by atoms with Gasteiger partial charge in [-0.1, -0.05) is 18.2 Å². The summed E-state index contributed by atoms with van der Waals surface area (Å²) in [6.07, 6.45) is 2.59. The number of para-hydroxylation sites is 1. The van der Waals surface area contributed by atoms with Crippen LogP contribution in [-0.2, 0) is 11.2 Å². The van der Waals surface area contributed by atoms with E-state index in [2.05, 4.69) is 0 Å². The van der Waals surface area contributed by atoms with Crippen molar-refractivity contribution in [1.29, 1.82) is 0 Å². The van der Waals surface area contributed by atoms with Crippen LogP contribution in [0.1, 0.15) is 12.5 Å². The standard InChI is InChI=1S/C12H14N2O2/c1-9(15)16-14-8-10(6-7-13)11-4-2-3-5-12(11)14/h2-5,8H,6-7,13H2,1H3. The third-order valence-corrected chi connectivity index (χ3v) is 2.40. The monoisotopic (exact) mass is 218 g/mol. The largest absolute Gasteiger partial charge is 0.337 e. The maximum absolute atomic E-state index is 11.0. The molecule has 0 unspecified atom stereocenters. The second-order valence-corrected chi connectivity index (χ2v) is 3.62. The van der Waals surface area contributed by atoms with Crippen molar-refractivity contribution in [2.75, 3.05) is 6.54 Å². The maximum Gasteiger partial charge on any atom is 0.329 e. The van der Waals surface area contributed by atoms with Gasteiger partial charge in [-0.3, -0.25) is 0 Å². The molecule has 0 aliphatic heterocycles.